The van der Waals surface area contributed by atoms with E-state index in [4.69, 9.17) is 4.18 Å². The molecule has 0 atom stereocenters. The third-order valence-corrected chi connectivity index (χ3v) is 5.82. The van der Waals surface area contributed by atoms with Gasteiger partial charge in [0.25, 0.3) is 11.6 Å². The number of carbonyl (C=O) groups is 1. The Balaban J connectivity index is 1.42. The van der Waals surface area contributed by atoms with E-state index in [1.54, 1.807) is 0 Å². The van der Waals surface area contributed by atoms with E-state index in [-0.39, 0.29) is 21.9 Å². The molecule has 0 saturated carbocycles. The summed E-state index contributed by atoms with van der Waals surface area (Å²) >= 11 is 0. The van der Waals surface area contributed by atoms with Crippen molar-refractivity contribution in [1.29, 1.82) is 0 Å². The SMILES string of the molecule is O=C(Nc1cnc(-c2ccccc2)nc1)c1ccc(OS(=O)(=O)c2cccc([N+](=O)[O-])c2)cc1. The zero-order chi connectivity index (χ0) is 24.1. The summed E-state index contributed by atoms with van der Waals surface area (Å²) in [6.45, 7) is 0. The first kappa shape index (κ1) is 22.6. The Morgan fingerprint density at radius 3 is 2.24 bits per heavy atom. The number of nitrogens with zero attached hydrogens (tertiary/aromatic N) is 3. The van der Waals surface area contributed by atoms with Crippen LogP contribution in [0.3, 0.4) is 0 Å². The Morgan fingerprint density at radius 1 is 0.912 bits per heavy atom. The van der Waals surface area contributed by atoms with Crippen LogP contribution < -0.4 is 9.50 Å². The number of non-ortho nitro benzene ring substituents is 1. The number of anilines is 1. The number of hydrogen-bond donors (Lipinski definition) is 1. The van der Waals surface area contributed by atoms with E-state index in [9.17, 15) is 23.3 Å². The highest BCUT2D eigenvalue weighted by atomic mass is 32.2. The van der Waals surface area contributed by atoms with Crippen molar-refractivity contribution in [2.45, 2.75) is 4.90 Å². The molecule has 0 aliphatic rings. The van der Waals surface area contributed by atoms with Crippen LogP contribution in [-0.4, -0.2) is 29.2 Å². The second-order valence-corrected chi connectivity index (χ2v) is 8.48. The molecule has 0 unspecified atom stereocenters. The predicted molar refractivity (Wildman–Crippen MR) is 123 cm³/mol. The fourth-order valence-corrected chi connectivity index (χ4v) is 3.89. The number of benzene rings is 3. The molecule has 4 aromatic rings. The molecule has 34 heavy (non-hydrogen) atoms. The molecule has 3 aromatic carbocycles. The first-order chi connectivity index (χ1) is 16.3. The second kappa shape index (κ2) is 9.46. The zero-order valence-electron chi connectivity index (χ0n) is 17.4. The molecule has 170 valence electrons. The smallest absolute Gasteiger partial charge is 0.339 e. The van der Waals surface area contributed by atoms with E-state index in [0.717, 1.165) is 11.6 Å². The molecular formula is C23H16N4O6S. The highest BCUT2D eigenvalue weighted by Gasteiger charge is 2.20. The number of carbonyl (C=O) groups excluding carboxylic acids is 1. The van der Waals surface area contributed by atoms with E-state index in [1.807, 2.05) is 30.3 Å². The lowest BCUT2D eigenvalue weighted by molar-refractivity contribution is -0.385. The molecule has 0 radical (unpaired) electrons. The third kappa shape index (κ3) is 5.22. The summed E-state index contributed by atoms with van der Waals surface area (Å²) in [7, 11) is -4.30. The quantitative estimate of drug-likeness (QED) is 0.239. The summed E-state index contributed by atoms with van der Waals surface area (Å²) in [6.07, 6.45) is 2.96. The van der Waals surface area contributed by atoms with Gasteiger partial charge in [-0.05, 0) is 30.3 Å². The van der Waals surface area contributed by atoms with Crippen molar-refractivity contribution in [2.75, 3.05) is 5.32 Å². The molecular weight excluding hydrogens is 460 g/mol. The minimum Gasteiger partial charge on any atom is -0.379 e. The van der Waals surface area contributed by atoms with Gasteiger partial charge >= 0.3 is 10.1 Å². The number of amides is 1. The van der Waals surface area contributed by atoms with Crippen molar-refractivity contribution in [2.24, 2.45) is 0 Å². The van der Waals surface area contributed by atoms with Crippen LogP contribution in [0.4, 0.5) is 11.4 Å². The summed E-state index contributed by atoms with van der Waals surface area (Å²) in [5.74, 6) is 0.00724. The first-order valence-electron chi connectivity index (χ1n) is 9.80. The van der Waals surface area contributed by atoms with Gasteiger partial charge < -0.3 is 9.50 Å². The molecule has 1 amide bonds. The average molecular weight is 476 g/mol. The summed E-state index contributed by atoms with van der Waals surface area (Å²) in [5.41, 5.74) is 1.10. The average Bonchev–Trinajstić information content (AvgIpc) is 2.85. The molecule has 0 aliphatic heterocycles. The summed E-state index contributed by atoms with van der Waals surface area (Å²) in [4.78, 5) is 30.8. The Labute approximate surface area is 194 Å². The van der Waals surface area contributed by atoms with Gasteiger partial charge in [0, 0.05) is 23.3 Å². The minimum absolute atomic E-state index is 0.0568. The van der Waals surface area contributed by atoms with Gasteiger partial charge in [-0.1, -0.05) is 36.4 Å². The highest BCUT2D eigenvalue weighted by Crippen LogP contribution is 2.23. The Kier molecular flexibility index (Phi) is 6.28. The van der Waals surface area contributed by atoms with Crippen LogP contribution in [0.5, 0.6) is 5.75 Å². The molecule has 1 N–H and O–H groups in total. The number of nitrogens with one attached hydrogen (secondary N) is 1. The Bertz CT molecular complexity index is 1440. The maximum absolute atomic E-state index is 12.5. The topological polar surface area (TPSA) is 141 Å². The van der Waals surface area contributed by atoms with Crippen LogP contribution in [0.15, 0.2) is 96.2 Å². The van der Waals surface area contributed by atoms with Crippen LogP contribution in [0.1, 0.15) is 10.4 Å². The fourth-order valence-electron chi connectivity index (χ4n) is 2.92. The van der Waals surface area contributed by atoms with E-state index in [2.05, 4.69) is 15.3 Å². The van der Waals surface area contributed by atoms with Crippen LogP contribution in [0.25, 0.3) is 11.4 Å². The molecule has 11 heteroatoms. The number of nitro groups is 1. The molecule has 0 fully saturated rings. The summed E-state index contributed by atoms with van der Waals surface area (Å²) < 4.78 is 29.9. The van der Waals surface area contributed by atoms with Crippen LogP contribution >= 0.6 is 0 Å². The van der Waals surface area contributed by atoms with Crippen LogP contribution in [0, 0.1) is 10.1 Å². The molecule has 0 saturated heterocycles. The van der Waals surface area contributed by atoms with Crippen molar-refractivity contribution in [3.05, 3.63) is 107 Å². The lowest BCUT2D eigenvalue weighted by Gasteiger charge is -2.08. The highest BCUT2D eigenvalue weighted by molar-refractivity contribution is 7.87. The van der Waals surface area contributed by atoms with Crippen molar-refractivity contribution in [1.82, 2.24) is 9.97 Å². The van der Waals surface area contributed by atoms with Crippen molar-refractivity contribution >= 4 is 27.4 Å². The van der Waals surface area contributed by atoms with Gasteiger partial charge in [0.2, 0.25) is 0 Å². The molecule has 1 aromatic heterocycles. The van der Waals surface area contributed by atoms with E-state index in [1.165, 1.54) is 54.9 Å². The van der Waals surface area contributed by atoms with Crippen molar-refractivity contribution < 1.29 is 22.3 Å². The molecule has 4 rings (SSSR count). The Morgan fingerprint density at radius 2 is 1.59 bits per heavy atom. The molecule has 0 spiro atoms. The van der Waals surface area contributed by atoms with Gasteiger partial charge in [-0.15, -0.1) is 0 Å². The summed E-state index contributed by atoms with van der Waals surface area (Å²) in [6, 6.07) is 19.3. The monoisotopic (exact) mass is 476 g/mol. The largest absolute Gasteiger partial charge is 0.379 e. The Hall–Kier alpha value is -4.64. The first-order valence-corrected chi connectivity index (χ1v) is 11.2. The van der Waals surface area contributed by atoms with Crippen LogP contribution in [-0.2, 0) is 10.1 Å². The second-order valence-electron chi connectivity index (χ2n) is 6.93. The van der Waals surface area contributed by atoms with Gasteiger partial charge in [-0.2, -0.15) is 8.42 Å². The van der Waals surface area contributed by atoms with Gasteiger partial charge in [-0.3, -0.25) is 14.9 Å². The normalized spacial score (nSPS) is 10.9. The number of nitro benzene ring substituents is 1. The van der Waals surface area contributed by atoms with E-state index in [0.29, 0.717) is 11.5 Å². The van der Waals surface area contributed by atoms with Gasteiger partial charge in [-0.25, -0.2) is 9.97 Å². The number of rotatable bonds is 7. The maximum Gasteiger partial charge on any atom is 0.339 e. The minimum atomic E-state index is -4.30. The predicted octanol–water partition coefficient (Wildman–Crippen LogP) is 4.07. The maximum atomic E-state index is 12.5. The standard InChI is InChI=1S/C23H16N4O6S/c28-23(26-18-14-24-22(25-15-18)16-5-2-1-3-6-16)17-9-11-20(12-10-17)33-34(31,32)21-8-4-7-19(13-21)27(29)30/h1-15H,(H,26,28). The van der Waals surface area contributed by atoms with Crippen LogP contribution in [0.2, 0.25) is 0 Å². The fraction of sp³-hybridized carbons (Fsp3) is 0. The van der Waals surface area contributed by atoms with Gasteiger partial charge in [0.05, 0.1) is 23.0 Å². The van der Waals surface area contributed by atoms with E-state index >= 15 is 0 Å². The third-order valence-electron chi connectivity index (χ3n) is 4.58. The molecule has 10 nitrogen and oxygen atoms in total. The number of hydrogen-bond acceptors (Lipinski definition) is 8. The van der Waals surface area contributed by atoms with Crippen molar-refractivity contribution in [3.8, 4) is 17.1 Å². The zero-order valence-corrected chi connectivity index (χ0v) is 18.2. The number of aromatic nitrogens is 2. The lowest BCUT2D eigenvalue weighted by Crippen LogP contribution is -2.13. The molecule has 1 heterocycles. The molecule has 0 bridgehead atoms. The van der Waals surface area contributed by atoms with Crippen molar-refractivity contribution in [3.63, 3.8) is 0 Å². The van der Waals surface area contributed by atoms with Gasteiger partial charge in [0.15, 0.2) is 5.82 Å². The lowest BCUT2D eigenvalue weighted by atomic mass is 10.2. The van der Waals surface area contributed by atoms with E-state index < -0.39 is 20.9 Å². The summed E-state index contributed by atoms with van der Waals surface area (Å²) in [5, 5.41) is 13.5. The molecule has 0 aliphatic carbocycles. The van der Waals surface area contributed by atoms with Gasteiger partial charge in [0.1, 0.15) is 10.6 Å².